The molecule has 1 heterocycles. The zero-order valence-electron chi connectivity index (χ0n) is 12.2. The van der Waals surface area contributed by atoms with Crippen LogP contribution in [0.3, 0.4) is 0 Å². The third-order valence-electron chi connectivity index (χ3n) is 2.94. The largest absolute Gasteiger partial charge is 0.389 e. The number of nitrogens with zero attached hydrogens (tertiary/aromatic N) is 1. The highest BCUT2D eigenvalue weighted by molar-refractivity contribution is 7.99. The summed E-state index contributed by atoms with van der Waals surface area (Å²) in [5.74, 6) is 0.997. The molecule has 0 radical (unpaired) electrons. The van der Waals surface area contributed by atoms with Crippen LogP contribution in [0.15, 0.2) is 28.5 Å². The van der Waals surface area contributed by atoms with Crippen molar-refractivity contribution in [2.45, 2.75) is 25.2 Å². The van der Waals surface area contributed by atoms with Crippen molar-refractivity contribution >= 4 is 46.0 Å². The molecular formula is C15H19N3S3. The Bertz CT molecular complexity index is 622. The fourth-order valence-electron chi connectivity index (χ4n) is 2.06. The maximum Gasteiger partial charge on any atom is 0.107 e. The molecule has 1 aromatic carbocycles. The second-order valence-corrected chi connectivity index (χ2v) is 7.32. The first-order valence-electron chi connectivity index (χ1n) is 6.82. The van der Waals surface area contributed by atoms with Gasteiger partial charge in [0.25, 0.3) is 0 Å². The SMILES string of the molecule is CCSc1cccc(NCCc2csc(C)n2)c1C(N)=S. The molecule has 3 N–H and O–H groups in total. The number of rotatable bonds is 7. The zero-order chi connectivity index (χ0) is 15.2. The molecule has 0 aliphatic carbocycles. The van der Waals surface area contributed by atoms with Crippen LogP contribution < -0.4 is 11.1 Å². The van der Waals surface area contributed by atoms with Gasteiger partial charge in [0.05, 0.1) is 10.7 Å². The molecule has 0 aliphatic rings. The maximum absolute atomic E-state index is 5.90. The normalized spacial score (nSPS) is 10.6. The number of aromatic nitrogens is 1. The summed E-state index contributed by atoms with van der Waals surface area (Å²) in [5, 5.41) is 6.65. The lowest BCUT2D eigenvalue weighted by Gasteiger charge is -2.14. The molecule has 6 heteroatoms. The lowest BCUT2D eigenvalue weighted by molar-refractivity contribution is 0.967. The summed E-state index contributed by atoms with van der Waals surface area (Å²) < 4.78 is 0. The monoisotopic (exact) mass is 337 g/mol. The summed E-state index contributed by atoms with van der Waals surface area (Å²) >= 11 is 8.66. The third kappa shape index (κ3) is 4.43. The molecule has 0 bridgehead atoms. The molecule has 21 heavy (non-hydrogen) atoms. The molecule has 3 nitrogen and oxygen atoms in total. The van der Waals surface area contributed by atoms with Crippen LogP contribution in [0.5, 0.6) is 0 Å². The standard InChI is InChI=1S/C15H19N3S3/c1-3-20-13-6-4-5-12(14(13)15(16)19)17-8-7-11-9-21-10(2)18-11/h4-6,9,17H,3,7-8H2,1-2H3,(H2,16,19). The van der Waals surface area contributed by atoms with E-state index in [4.69, 9.17) is 18.0 Å². The van der Waals surface area contributed by atoms with E-state index in [0.29, 0.717) is 4.99 Å². The van der Waals surface area contributed by atoms with E-state index >= 15 is 0 Å². The molecule has 0 saturated heterocycles. The number of thiazole rings is 1. The molecule has 0 saturated carbocycles. The van der Waals surface area contributed by atoms with E-state index in [1.54, 1.807) is 23.1 Å². The Morgan fingerprint density at radius 1 is 1.48 bits per heavy atom. The van der Waals surface area contributed by atoms with E-state index in [1.807, 2.05) is 19.1 Å². The molecule has 0 unspecified atom stereocenters. The fourth-order valence-corrected chi connectivity index (χ4v) is 3.84. The summed E-state index contributed by atoms with van der Waals surface area (Å²) in [4.78, 5) is 6.05. The van der Waals surface area contributed by atoms with Crippen LogP contribution in [-0.4, -0.2) is 22.3 Å². The van der Waals surface area contributed by atoms with Crippen molar-refractivity contribution in [2.24, 2.45) is 5.73 Å². The number of hydrogen-bond acceptors (Lipinski definition) is 5. The van der Waals surface area contributed by atoms with Gasteiger partial charge in [-0.05, 0) is 24.8 Å². The summed E-state index contributed by atoms with van der Waals surface area (Å²) in [7, 11) is 0. The van der Waals surface area contributed by atoms with Gasteiger partial charge in [0, 0.05) is 34.5 Å². The summed E-state index contributed by atoms with van der Waals surface area (Å²) in [6.45, 7) is 4.97. The van der Waals surface area contributed by atoms with Crippen LogP contribution in [0.2, 0.25) is 0 Å². The number of thioether (sulfide) groups is 1. The molecule has 1 aromatic heterocycles. The van der Waals surface area contributed by atoms with Gasteiger partial charge in [0.2, 0.25) is 0 Å². The molecule has 2 rings (SSSR count). The first-order valence-corrected chi connectivity index (χ1v) is 9.09. The van der Waals surface area contributed by atoms with Crippen molar-refractivity contribution < 1.29 is 0 Å². The number of nitrogens with two attached hydrogens (primary N) is 1. The van der Waals surface area contributed by atoms with Crippen LogP contribution in [-0.2, 0) is 6.42 Å². The molecule has 0 fully saturated rings. The van der Waals surface area contributed by atoms with Gasteiger partial charge in [0.15, 0.2) is 0 Å². The topological polar surface area (TPSA) is 50.9 Å². The number of benzene rings is 1. The predicted molar refractivity (Wildman–Crippen MR) is 97.8 cm³/mol. The highest BCUT2D eigenvalue weighted by atomic mass is 32.2. The van der Waals surface area contributed by atoms with Gasteiger partial charge in [0.1, 0.15) is 4.99 Å². The molecule has 0 amide bonds. The maximum atomic E-state index is 5.90. The molecule has 0 aliphatic heterocycles. The van der Waals surface area contributed by atoms with Crippen molar-refractivity contribution in [3.8, 4) is 0 Å². The summed E-state index contributed by atoms with van der Waals surface area (Å²) in [6, 6.07) is 6.13. The quantitative estimate of drug-likeness (QED) is 0.594. The second kappa shape index (κ2) is 7.77. The second-order valence-electron chi connectivity index (χ2n) is 4.51. The highest BCUT2D eigenvalue weighted by Gasteiger charge is 2.11. The number of thiocarbonyl (C=S) groups is 1. The van der Waals surface area contributed by atoms with Gasteiger partial charge in [-0.1, -0.05) is 25.2 Å². The van der Waals surface area contributed by atoms with Crippen LogP contribution in [0, 0.1) is 6.92 Å². The number of anilines is 1. The van der Waals surface area contributed by atoms with E-state index in [-0.39, 0.29) is 0 Å². The van der Waals surface area contributed by atoms with Gasteiger partial charge in [-0.25, -0.2) is 4.98 Å². The third-order valence-corrected chi connectivity index (χ3v) is 4.90. The Hall–Kier alpha value is -1.11. The molecule has 0 spiro atoms. The molecule has 112 valence electrons. The van der Waals surface area contributed by atoms with Gasteiger partial charge in [-0.2, -0.15) is 0 Å². The van der Waals surface area contributed by atoms with Gasteiger partial charge in [-0.15, -0.1) is 23.1 Å². The Morgan fingerprint density at radius 2 is 2.29 bits per heavy atom. The van der Waals surface area contributed by atoms with E-state index < -0.39 is 0 Å². The van der Waals surface area contributed by atoms with Crippen LogP contribution >= 0.6 is 35.3 Å². The smallest absolute Gasteiger partial charge is 0.107 e. The lowest BCUT2D eigenvalue weighted by atomic mass is 10.1. The Morgan fingerprint density at radius 3 is 2.90 bits per heavy atom. The first kappa shape index (κ1) is 16.3. The minimum atomic E-state index is 0.443. The van der Waals surface area contributed by atoms with Gasteiger partial charge >= 0.3 is 0 Å². The van der Waals surface area contributed by atoms with Crippen molar-refractivity contribution in [3.63, 3.8) is 0 Å². The minimum Gasteiger partial charge on any atom is -0.389 e. The van der Waals surface area contributed by atoms with Crippen molar-refractivity contribution in [1.82, 2.24) is 4.98 Å². The molecule has 2 aromatic rings. The van der Waals surface area contributed by atoms with Crippen LogP contribution in [0.25, 0.3) is 0 Å². The van der Waals surface area contributed by atoms with Gasteiger partial charge < -0.3 is 11.1 Å². The molecule has 0 atom stereocenters. The summed E-state index contributed by atoms with van der Waals surface area (Å²) in [6.07, 6.45) is 0.895. The van der Waals surface area contributed by atoms with Gasteiger partial charge in [-0.3, -0.25) is 0 Å². The zero-order valence-corrected chi connectivity index (χ0v) is 14.6. The van der Waals surface area contributed by atoms with E-state index in [9.17, 15) is 0 Å². The van der Waals surface area contributed by atoms with E-state index in [2.05, 4.69) is 28.7 Å². The highest BCUT2D eigenvalue weighted by Crippen LogP contribution is 2.28. The Labute approximate surface area is 139 Å². The number of nitrogens with one attached hydrogen (secondary N) is 1. The van der Waals surface area contributed by atoms with Crippen LogP contribution in [0.1, 0.15) is 23.2 Å². The van der Waals surface area contributed by atoms with E-state index in [0.717, 1.165) is 45.6 Å². The minimum absolute atomic E-state index is 0.443. The average Bonchev–Trinajstić information content (AvgIpc) is 2.85. The first-order chi connectivity index (χ1) is 10.1. The fraction of sp³-hybridized carbons (Fsp3) is 0.333. The van der Waals surface area contributed by atoms with Crippen LogP contribution in [0.4, 0.5) is 5.69 Å². The predicted octanol–water partition coefficient (Wildman–Crippen LogP) is 3.85. The Kier molecular flexibility index (Phi) is 6.02. The van der Waals surface area contributed by atoms with E-state index in [1.165, 1.54) is 0 Å². The number of hydrogen-bond donors (Lipinski definition) is 2. The summed E-state index contributed by atoms with van der Waals surface area (Å²) in [5.41, 5.74) is 8.99. The molecular weight excluding hydrogens is 318 g/mol. The lowest BCUT2D eigenvalue weighted by Crippen LogP contribution is -2.16. The van der Waals surface area contributed by atoms with Crippen molar-refractivity contribution in [1.29, 1.82) is 0 Å². The number of aryl methyl sites for hydroxylation is 1. The van der Waals surface area contributed by atoms with Crippen molar-refractivity contribution in [2.75, 3.05) is 17.6 Å². The average molecular weight is 338 g/mol. The Balaban J connectivity index is 2.08. The van der Waals surface area contributed by atoms with Crippen molar-refractivity contribution in [3.05, 3.63) is 39.8 Å².